The van der Waals surface area contributed by atoms with Crippen molar-refractivity contribution >= 4 is 34.6 Å². The zero-order valence-electron chi connectivity index (χ0n) is 13.6. The van der Waals surface area contributed by atoms with Crippen LogP contribution in [0.2, 0.25) is 5.02 Å². The zero-order valence-corrected chi connectivity index (χ0v) is 14.3. The topological polar surface area (TPSA) is 71.0 Å². The van der Waals surface area contributed by atoms with E-state index in [1.165, 1.54) is 6.33 Å². The van der Waals surface area contributed by atoms with Crippen molar-refractivity contribution in [2.75, 3.05) is 16.8 Å². The van der Waals surface area contributed by atoms with Gasteiger partial charge >= 0.3 is 0 Å². The number of rotatable bonds is 5. The Morgan fingerprint density at radius 1 is 1.08 bits per heavy atom. The van der Waals surface area contributed by atoms with Crippen molar-refractivity contribution in [1.82, 2.24) is 15.0 Å². The Morgan fingerprint density at radius 3 is 2.56 bits per heavy atom. The van der Waals surface area contributed by atoms with Gasteiger partial charge in [-0.05, 0) is 31.2 Å². The van der Waals surface area contributed by atoms with E-state index >= 15 is 0 Å². The van der Waals surface area contributed by atoms with Crippen LogP contribution >= 0.6 is 11.6 Å². The van der Waals surface area contributed by atoms with Gasteiger partial charge in [-0.3, -0.25) is 9.78 Å². The third kappa shape index (κ3) is 4.10. The molecule has 0 fully saturated rings. The molecule has 0 spiro atoms. The number of carbonyl (C=O) groups excluding carboxylic acids is 1. The predicted octanol–water partition coefficient (Wildman–Crippen LogP) is 3.94. The number of benzene rings is 1. The molecule has 126 valence electrons. The van der Waals surface area contributed by atoms with Gasteiger partial charge in [0.2, 0.25) is 0 Å². The first-order valence-electron chi connectivity index (χ1n) is 7.72. The zero-order chi connectivity index (χ0) is 17.6. The molecule has 0 atom stereocenters. The van der Waals surface area contributed by atoms with E-state index < -0.39 is 0 Å². The van der Waals surface area contributed by atoms with Crippen LogP contribution in [0.1, 0.15) is 17.3 Å². The fraction of sp³-hybridized carbons (Fsp3) is 0.111. The van der Waals surface area contributed by atoms with Crippen molar-refractivity contribution in [3.05, 3.63) is 72.0 Å². The van der Waals surface area contributed by atoms with Gasteiger partial charge in [-0.25, -0.2) is 9.97 Å². The molecule has 1 amide bonds. The highest BCUT2D eigenvalue weighted by atomic mass is 35.5. The highest BCUT2D eigenvalue weighted by molar-refractivity contribution is 6.31. The summed E-state index contributed by atoms with van der Waals surface area (Å²) in [7, 11) is 0. The Balaban J connectivity index is 1.82. The standard InChI is InChI=1S/C18H16ClN5O/c1-2-24(17-10-21-12-22-11-17)16-7-15(8-20-9-16)23-18(25)13-4-3-5-14(19)6-13/h3-12H,2H2,1H3,(H,23,25). The molecule has 0 saturated carbocycles. The quantitative estimate of drug-likeness (QED) is 0.752. The molecule has 25 heavy (non-hydrogen) atoms. The third-order valence-corrected chi connectivity index (χ3v) is 3.79. The van der Waals surface area contributed by atoms with Crippen molar-refractivity contribution in [1.29, 1.82) is 0 Å². The summed E-state index contributed by atoms with van der Waals surface area (Å²) < 4.78 is 0. The van der Waals surface area contributed by atoms with E-state index in [1.54, 1.807) is 49.1 Å². The summed E-state index contributed by atoms with van der Waals surface area (Å²) in [5.74, 6) is -0.243. The van der Waals surface area contributed by atoms with E-state index in [9.17, 15) is 4.79 Å². The van der Waals surface area contributed by atoms with Crippen LogP contribution in [0.15, 0.2) is 61.4 Å². The van der Waals surface area contributed by atoms with Gasteiger partial charge in [0.15, 0.2) is 0 Å². The number of nitrogens with zero attached hydrogens (tertiary/aromatic N) is 4. The summed E-state index contributed by atoms with van der Waals surface area (Å²) in [6.07, 6.45) is 8.27. The Bertz CT molecular complexity index is 872. The van der Waals surface area contributed by atoms with Gasteiger partial charge in [-0.2, -0.15) is 0 Å². The van der Waals surface area contributed by atoms with Crippen LogP contribution in [-0.2, 0) is 0 Å². The summed E-state index contributed by atoms with van der Waals surface area (Å²) in [6.45, 7) is 2.73. The van der Waals surface area contributed by atoms with Crippen LogP contribution in [0.3, 0.4) is 0 Å². The van der Waals surface area contributed by atoms with Crippen LogP contribution in [-0.4, -0.2) is 27.4 Å². The third-order valence-electron chi connectivity index (χ3n) is 3.56. The molecule has 2 aromatic heterocycles. The highest BCUT2D eigenvalue weighted by Gasteiger charge is 2.11. The molecule has 0 unspecified atom stereocenters. The van der Waals surface area contributed by atoms with E-state index in [1.807, 2.05) is 17.9 Å². The van der Waals surface area contributed by atoms with Gasteiger partial charge in [0.25, 0.3) is 5.91 Å². The van der Waals surface area contributed by atoms with Gasteiger partial charge in [0, 0.05) is 17.1 Å². The number of anilines is 3. The van der Waals surface area contributed by atoms with E-state index in [4.69, 9.17) is 11.6 Å². The number of pyridine rings is 1. The average molecular weight is 354 g/mol. The maximum absolute atomic E-state index is 12.4. The van der Waals surface area contributed by atoms with Gasteiger partial charge < -0.3 is 10.2 Å². The van der Waals surface area contributed by atoms with Crippen molar-refractivity contribution < 1.29 is 4.79 Å². The first-order valence-corrected chi connectivity index (χ1v) is 8.09. The lowest BCUT2D eigenvalue weighted by atomic mass is 10.2. The summed E-state index contributed by atoms with van der Waals surface area (Å²) in [6, 6.07) is 8.64. The Kier molecular flexibility index (Phi) is 5.20. The second-order valence-corrected chi connectivity index (χ2v) is 5.67. The molecule has 7 heteroatoms. The number of aromatic nitrogens is 3. The molecule has 0 aliphatic heterocycles. The molecular formula is C18H16ClN5O. The van der Waals surface area contributed by atoms with Gasteiger partial charge in [-0.1, -0.05) is 17.7 Å². The van der Waals surface area contributed by atoms with Crippen molar-refractivity contribution in [2.24, 2.45) is 0 Å². The first kappa shape index (κ1) is 16.9. The fourth-order valence-electron chi connectivity index (χ4n) is 2.42. The number of hydrogen-bond acceptors (Lipinski definition) is 5. The van der Waals surface area contributed by atoms with E-state index in [0.717, 1.165) is 11.4 Å². The number of halogens is 1. The second-order valence-electron chi connectivity index (χ2n) is 5.24. The summed E-state index contributed by atoms with van der Waals surface area (Å²) in [4.78, 5) is 26.7. The monoisotopic (exact) mass is 353 g/mol. The second kappa shape index (κ2) is 7.72. The molecule has 0 saturated heterocycles. The molecule has 0 aliphatic rings. The van der Waals surface area contributed by atoms with E-state index in [-0.39, 0.29) is 5.91 Å². The normalized spacial score (nSPS) is 10.3. The molecule has 0 bridgehead atoms. The SMILES string of the molecule is CCN(c1cncnc1)c1cncc(NC(=O)c2cccc(Cl)c2)c1. The lowest BCUT2D eigenvalue weighted by molar-refractivity contribution is 0.102. The van der Waals surface area contributed by atoms with E-state index in [2.05, 4.69) is 20.3 Å². The predicted molar refractivity (Wildman–Crippen MR) is 98.4 cm³/mol. The van der Waals surface area contributed by atoms with Gasteiger partial charge in [0.1, 0.15) is 6.33 Å². The summed E-state index contributed by atoms with van der Waals surface area (Å²) in [5.41, 5.74) is 2.77. The minimum atomic E-state index is -0.243. The van der Waals surface area contributed by atoms with Crippen LogP contribution in [0, 0.1) is 0 Å². The van der Waals surface area contributed by atoms with Crippen LogP contribution in [0.5, 0.6) is 0 Å². The van der Waals surface area contributed by atoms with Gasteiger partial charge in [0.05, 0.1) is 41.8 Å². The Hall–Kier alpha value is -2.99. The number of hydrogen-bond donors (Lipinski definition) is 1. The molecule has 0 aliphatic carbocycles. The van der Waals surface area contributed by atoms with Crippen molar-refractivity contribution in [3.8, 4) is 0 Å². The molecule has 3 aromatic rings. The van der Waals surface area contributed by atoms with Crippen molar-refractivity contribution in [3.63, 3.8) is 0 Å². The highest BCUT2D eigenvalue weighted by Crippen LogP contribution is 2.25. The maximum Gasteiger partial charge on any atom is 0.255 e. The molecule has 3 rings (SSSR count). The minimum Gasteiger partial charge on any atom is -0.338 e. The molecule has 1 N–H and O–H groups in total. The molecule has 6 nitrogen and oxygen atoms in total. The van der Waals surface area contributed by atoms with Crippen LogP contribution in [0.4, 0.5) is 17.1 Å². The summed E-state index contributed by atoms with van der Waals surface area (Å²) in [5, 5.41) is 3.35. The molecule has 2 heterocycles. The smallest absolute Gasteiger partial charge is 0.255 e. The lowest BCUT2D eigenvalue weighted by Gasteiger charge is -2.22. The fourth-order valence-corrected chi connectivity index (χ4v) is 2.61. The first-order chi connectivity index (χ1) is 12.2. The lowest BCUT2D eigenvalue weighted by Crippen LogP contribution is -2.17. The van der Waals surface area contributed by atoms with E-state index in [0.29, 0.717) is 22.8 Å². The Labute approximate surface area is 150 Å². The van der Waals surface area contributed by atoms with Crippen LogP contribution in [0.25, 0.3) is 0 Å². The summed E-state index contributed by atoms with van der Waals surface area (Å²) >= 11 is 5.93. The molecular weight excluding hydrogens is 338 g/mol. The Morgan fingerprint density at radius 2 is 1.84 bits per heavy atom. The minimum absolute atomic E-state index is 0.243. The number of carbonyl (C=O) groups is 1. The largest absolute Gasteiger partial charge is 0.338 e. The number of nitrogens with one attached hydrogen (secondary N) is 1. The maximum atomic E-state index is 12.4. The average Bonchev–Trinajstić information content (AvgIpc) is 2.64. The van der Waals surface area contributed by atoms with Gasteiger partial charge in [-0.15, -0.1) is 0 Å². The number of amides is 1. The van der Waals surface area contributed by atoms with Crippen molar-refractivity contribution in [2.45, 2.75) is 6.92 Å². The molecule has 1 aromatic carbocycles. The van der Waals surface area contributed by atoms with Crippen LogP contribution < -0.4 is 10.2 Å². The molecule has 0 radical (unpaired) electrons.